The summed E-state index contributed by atoms with van der Waals surface area (Å²) in [7, 11) is 3.01. The van der Waals surface area contributed by atoms with Crippen LogP contribution in [0.5, 0.6) is 17.6 Å². The minimum atomic E-state index is -0.682. The highest BCUT2D eigenvalue weighted by molar-refractivity contribution is 6.36. The molecule has 3 saturated heterocycles. The smallest absolute Gasteiger partial charge is 0.410 e. The van der Waals surface area contributed by atoms with E-state index in [1.54, 1.807) is 17.0 Å². The number of nitrogens with zero attached hydrogens (tertiary/aromatic N) is 6. The number of hydrogen-bond acceptors (Lipinski definition) is 11. The minimum Gasteiger partial charge on any atom is -0.480 e. The van der Waals surface area contributed by atoms with Gasteiger partial charge in [-0.2, -0.15) is 9.97 Å². The van der Waals surface area contributed by atoms with Gasteiger partial charge >= 0.3 is 12.1 Å². The number of benzene rings is 2. The van der Waals surface area contributed by atoms with Crippen molar-refractivity contribution in [3.8, 4) is 28.9 Å². The SMILES string of the molecule is CC.COCOc1cc(-c2nc(OC)c3c(N4CCN(C(=O)OC(C)(C)C)CC4)nc(OCC45CCCN4CCC5)nc3c2F)c2c(Cl)cccc2c1. The average molecular weight is 753 g/mol. The quantitative estimate of drug-likeness (QED) is 0.157. The molecular formula is C39H50ClFN6O6. The van der Waals surface area contributed by atoms with Gasteiger partial charge in [0.1, 0.15) is 40.4 Å². The Kier molecular flexibility index (Phi) is 11.7. The van der Waals surface area contributed by atoms with Gasteiger partial charge in [-0.05, 0) is 83.1 Å². The fourth-order valence-electron chi connectivity index (χ4n) is 7.56. The Balaban J connectivity index is 0.00000236. The highest BCUT2D eigenvalue weighted by Crippen LogP contribution is 2.43. The Bertz CT molecular complexity index is 1940. The van der Waals surface area contributed by atoms with Crippen LogP contribution in [0.3, 0.4) is 0 Å². The number of piperazine rings is 1. The number of rotatable bonds is 9. The topological polar surface area (TPSA) is 112 Å². The summed E-state index contributed by atoms with van der Waals surface area (Å²) in [6.07, 6.45) is 3.91. The van der Waals surface area contributed by atoms with Crippen LogP contribution in [0.2, 0.25) is 5.02 Å². The van der Waals surface area contributed by atoms with Crippen molar-refractivity contribution in [1.82, 2.24) is 24.8 Å². The molecule has 0 aliphatic carbocycles. The van der Waals surface area contributed by atoms with Crippen molar-refractivity contribution in [2.75, 3.05) is 71.8 Å². The maximum atomic E-state index is 17.3. The maximum absolute atomic E-state index is 17.3. The molecule has 0 saturated carbocycles. The highest BCUT2D eigenvalue weighted by Gasteiger charge is 2.45. The van der Waals surface area contributed by atoms with E-state index in [4.69, 9.17) is 50.2 Å². The molecule has 3 aliphatic heterocycles. The van der Waals surface area contributed by atoms with Crippen molar-refractivity contribution in [2.24, 2.45) is 0 Å². The van der Waals surface area contributed by atoms with E-state index in [-0.39, 0.29) is 41.5 Å². The molecule has 2 aromatic heterocycles. The molecule has 4 aromatic rings. The highest BCUT2D eigenvalue weighted by atomic mass is 35.5. The van der Waals surface area contributed by atoms with Crippen LogP contribution in [0.1, 0.15) is 60.3 Å². The normalized spacial score (nSPS) is 17.1. The van der Waals surface area contributed by atoms with Crippen molar-refractivity contribution in [2.45, 2.75) is 71.4 Å². The fourth-order valence-corrected chi connectivity index (χ4v) is 7.85. The molecule has 3 fully saturated rings. The molecule has 2 aromatic carbocycles. The Morgan fingerprint density at radius 2 is 1.66 bits per heavy atom. The van der Waals surface area contributed by atoms with Crippen LogP contribution in [0.25, 0.3) is 32.9 Å². The molecule has 0 atom stereocenters. The number of carbonyl (C=O) groups excluding carboxylic acids is 1. The summed E-state index contributed by atoms with van der Waals surface area (Å²) in [5.41, 5.74) is -0.294. The van der Waals surface area contributed by atoms with Gasteiger partial charge in [0, 0.05) is 49.3 Å². The summed E-state index contributed by atoms with van der Waals surface area (Å²) in [5, 5.41) is 2.06. The Morgan fingerprint density at radius 1 is 0.943 bits per heavy atom. The van der Waals surface area contributed by atoms with E-state index < -0.39 is 11.4 Å². The summed E-state index contributed by atoms with van der Waals surface area (Å²) in [5.74, 6) is 0.325. The Labute approximate surface area is 315 Å². The lowest BCUT2D eigenvalue weighted by Gasteiger charge is -2.36. The lowest BCUT2D eigenvalue weighted by molar-refractivity contribution is 0.0240. The number of hydrogen-bond donors (Lipinski definition) is 0. The van der Waals surface area contributed by atoms with Gasteiger partial charge in [-0.1, -0.05) is 37.6 Å². The second kappa shape index (κ2) is 16.0. The van der Waals surface area contributed by atoms with Gasteiger partial charge in [-0.3, -0.25) is 4.90 Å². The Morgan fingerprint density at radius 3 is 2.32 bits per heavy atom. The molecule has 53 heavy (non-hydrogen) atoms. The molecule has 286 valence electrons. The summed E-state index contributed by atoms with van der Waals surface area (Å²) in [6.45, 7) is 13.6. The third-order valence-corrected chi connectivity index (χ3v) is 10.2. The molecule has 12 nitrogen and oxygen atoms in total. The summed E-state index contributed by atoms with van der Waals surface area (Å²) >= 11 is 6.74. The number of halogens is 2. The first-order valence-electron chi connectivity index (χ1n) is 18.4. The first-order valence-corrected chi connectivity index (χ1v) is 18.8. The summed E-state index contributed by atoms with van der Waals surface area (Å²) in [6, 6.07) is 9.01. The second-order valence-electron chi connectivity index (χ2n) is 14.4. The number of carbonyl (C=O) groups is 1. The molecule has 0 N–H and O–H groups in total. The standard InChI is InChI=1S/C37H44ClFN6O6.C2H6/c1-36(2,3)51-35(46)44-17-15-43(16-18-44)32-28-31(41-34(42-32)49-21-37-11-7-13-45(37)14-8-12-37)29(39)30(40-33(28)48-5)25-20-24(50-22-47-4)19-23-9-6-10-26(38)27(23)25;1-2/h6,9-10,19-20H,7-8,11-18,21-22H2,1-5H3;1-2H3. The van der Waals surface area contributed by atoms with E-state index in [0.29, 0.717) is 65.7 Å². The van der Waals surface area contributed by atoms with Crippen molar-refractivity contribution in [3.05, 3.63) is 41.2 Å². The molecular weight excluding hydrogens is 703 g/mol. The molecule has 0 spiro atoms. The van der Waals surface area contributed by atoms with Crippen LogP contribution in [-0.2, 0) is 9.47 Å². The van der Waals surface area contributed by atoms with E-state index in [0.717, 1.165) is 44.2 Å². The fraction of sp³-hybridized carbons (Fsp3) is 0.538. The molecule has 14 heteroatoms. The van der Waals surface area contributed by atoms with Gasteiger partial charge < -0.3 is 33.5 Å². The number of anilines is 1. The number of pyridine rings is 1. The van der Waals surface area contributed by atoms with Crippen molar-refractivity contribution in [3.63, 3.8) is 0 Å². The van der Waals surface area contributed by atoms with Crippen LogP contribution in [-0.4, -0.2) is 109 Å². The van der Waals surface area contributed by atoms with Gasteiger partial charge in [-0.15, -0.1) is 0 Å². The third kappa shape index (κ3) is 7.88. The number of fused-ring (bicyclic) bond motifs is 3. The van der Waals surface area contributed by atoms with Gasteiger partial charge in [-0.25, -0.2) is 14.2 Å². The minimum absolute atomic E-state index is 0.000140. The number of aromatic nitrogens is 3. The van der Waals surface area contributed by atoms with Crippen LogP contribution >= 0.6 is 11.6 Å². The first-order chi connectivity index (χ1) is 25.5. The molecule has 3 aliphatic rings. The lowest BCUT2D eigenvalue weighted by Crippen LogP contribution is -2.50. The average Bonchev–Trinajstić information content (AvgIpc) is 3.74. The van der Waals surface area contributed by atoms with Gasteiger partial charge in [0.2, 0.25) is 5.88 Å². The monoisotopic (exact) mass is 752 g/mol. The van der Waals surface area contributed by atoms with Crippen LogP contribution in [0.15, 0.2) is 30.3 Å². The van der Waals surface area contributed by atoms with E-state index in [1.807, 2.05) is 57.7 Å². The van der Waals surface area contributed by atoms with Crippen LogP contribution in [0.4, 0.5) is 15.0 Å². The zero-order valence-electron chi connectivity index (χ0n) is 31.8. The van der Waals surface area contributed by atoms with Crippen LogP contribution < -0.4 is 19.1 Å². The predicted molar refractivity (Wildman–Crippen MR) is 204 cm³/mol. The van der Waals surface area contributed by atoms with Gasteiger partial charge in [0.05, 0.1) is 12.6 Å². The molecule has 5 heterocycles. The first kappa shape index (κ1) is 38.5. The van der Waals surface area contributed by atoms with Crippen LogP contribution in [0, 0.1) is 5.82 Å². The van der Waals surface area contributed by atoms with Crippen molar-refractivity contribution in [1.29, 1.82) is 0 Å². The van der Waals surface area contributed by atoms with Gasteiger partial charge in [0.25, 0.3) is 0 Å². The maximum Gasteiger partial charge on any atom is 0.410 e. The zero-order valence-corrected chi connectivity index (χ0v) is 32.5. The van der Waals surface area contributed by atoms with E-state index in [2.05, 4.69) is 4.90 Å². The predicted octanol–water partition coefficient (Wildman–Crippen LogP) is 7.72. The van der Waals surface area contributed by atoms with E-state index in [9.17, 15) is 4.79 Å². The summed E-state index contributed by atoms with van der Waals surface area (Å²) < 4.78 is 46.1. The zero-order chi connectivity index (χ0) is 37.9. The van der Waals surface area contributed by atoms with Gasteiger partial charge in [0.15, 0.2) is 12.6 Å². The second-order valence-corrected chi connectivity index (χ2v) is 14.8. The third-order valence-electron chi connectivity index (χ3n) is 9.92. The molecule has 7 rings (SSSR count). The molecule has 0 unspecified atom stereocenters. The largest absolute Gasteiger partial charge is 0.480 e. The van der Waals surface area contributed by atoms with E-state index in [1.165, 1.54) is 14.2 Å². The van der Waals surface area contributed by atoms with Crippen molar-refractivity contribution >= 4 is 45.2 Å². The molecule has 0 bridgehead atoms. The Hall–Kier alpha value is -4.20. The summed E-state index contributed by atoms with van der Waals surface area (Å²) in [4.78, 5) is 33.4. The van der Waals surface area contributed by atoms with E-state index >= 15 is 4.39 Å². The lowest BCUT2D eigenvalue weighted by atomic mass is 9.95. The number of ether oxygens (including phenoxy) is 5. The molecule has 1 amide bonds. The molecule has 0 radical (unpaired) electrons. The number of amides is 1. The number of methoxy groups -OCH3 is 2. The van der Waals surface area contributed by atoms with Crippen molar-refractivity contribution < 1.29 is 32.9 Å².